The molecule has 140 valence electrons. The van der Waals surface area contributed by atoms with E-state index in [4.69, 9.17) is 9.47 Å². The number of pyridine rings is 1. The molecule has 2 rings (SSSR count). The number of nitrogens with zero attached hydrogens (tertiary/aromatic N) is 2. The standard InChI is InChI=1S/C19H25FN4O2/c1-4-21-19(24-14(2)13-25-3)23-12-15-9-10-22-18(11-15)26-17-7-5-16(20)6-8-17/h5-11,14H,4,12-13H2,1-3H3,(H2,21,23,24). The van der Waals surface area contributed by atoms with Crippen molar-refractivity contribution in [1.82, 2.24) is 15.6 Å². The number of rotatable bonds is 8. The summed E-state index contributed by atoms with van der Waals surface area (Å²) in [5.41, 5.74) is 0.953. The van der Waals surface area contributed by atoms with E-state index < -0.39 is 0 Å². The Labute approximate surface area is 153 Å². The molecule has 0 fully saturated rings. The minimum atomic E-state index is -0.306. The number of aromatic nitrogens is 1. The van der Waals surface area contributed by atoms with Gasteiger partial charge >= 0.3 is 0 Å². The zero-order chi connectivity index (χ0) is 18.8. The van der Waals surface area contributed by atoms with Crippen LogP contribution in [0, 0.1) is 5.82 Å². The van der Waals surface area contributed by atoms with Crippen molar-refractivity contribution >= 4 is 5.96 Å². The third-order valence-electron chi connectivity index (χ3n) is 3.40. The van der Waals surface area contributed by atoms with Gasteiger partial charge in [0.05, 0.1) is 13.2 Å². The second-order valence-corrected chi connectivity index (χ2v) is 5.75. The molecular formula is C19H25FN4O2. The average Bonchev–Trinajstić information content (AvgIpc) is 2.62. The first-order chi connectivity index (χ1) is 12.6. The first-order valence-electron chi connectivity index (χ1n) is 8.53. The highest BCUT2D eigenvalue weighted by molar-refractivity contribution is 5.80. The summed E-state index contributed by atoms with van der Waals surface area (Å²) in [6.07, 6.45) is 1.66. The van der Waals surface area contributed by atoms with Crippen LogP contribution < -0.4 is 15.4 Å². The monoisotopic (exact) mass is 360 g/mol. The molecule has 0 radical (unpaired) electrons. The van der Waals surface area contributed by atoms with E-state index in [1.165, 1.54) is 12.1 Å². The van der Waals surface area contributed by atoms with Crippen LogP contribution in [0.4, 0.5) is 4.39 Å². The van der Waals surface area contributed by atoms with Crippen molar-refractivity contribution < 1.29 is 13.9 Å². The SMILES string of the molecule is CCNC(=NCc1ccnc(Oc2ccc(F)cc2)c1)NC(C)COC. The van der Waals surface area contributed by atoms with Crippen LogP contribution in [0.5, 0.6) is 11.6 Å². The molecule has 0 aliphatic rings. The van der Waals surface area contributed by atoms with Gasteiger partial charge in [-0.3, -0.25) is 0 Å². The first-order valence-corrected chi connectivity index (χ1v) is 8.53. The number of ether oxygens (including phenoxy) is 2. The third-order valence-corrected chi connectivity index (χ3v) is 3.40. The highest BCUT2D eigenvalue weighted by Gasteiger charge is 2.05. The molecule has 0 bridgehead atoms. The molecule has 1 unspecified atom stereocenters. The molecule has 0 saturated carbocycles. The lowest BCUT2D eigenvalue weighted by molar-refractivity contribution is 0.179. The van der Waals surface area contributed by atoms with E-state index in [0.29, 0.717) is 24.8 Å². The first kappa shape index (κ1) is 19.7. The molecule has 0 amide bonds. The van der Waals surface area contributed by atoms with Crippen molar-refractivity contribution in [1.29, 1.82) is 0 Å². The number of aliphatic imine (C=N–C) groups is 1. The number of benzene rings is 1. The molecule has 1 aromatic heterocycles. The van der Waals surface area contributed by atoms with Gasteiger partial charge in [-0.2, -0.15) is 0 Å². The molecule has 1 aromatic carbocycles. The quantitative estimate of drug-likeness (QED) is 0.559. The third kappa shape index (κ3) is 6.68. The number of halogens is 1. The van der Waals surface area contributed by atoms with Crippen molar-refractivity contribution in [3.8, 4) is 11.6 Å². The number of methoxy groups -OCH3 is 1. The van der Waals surface area contributed by atoms with Gasteiger partial charge in [-0.25, -0.2) is 14.4 Å². The van der Waals surface area contributed by atoms with Crippen molar-refractivity contribution in [2.24, 2.45) is 4.99 Å². The topological polar surface area (TPSA) is 67.8 Å². The van der Waals surface area contributed by atoms with Crippen molar-refractivity contribution in [2.75, 3.05) is 20.3 Å². The van der Waals surface area contributed by atoms with Gasteiger partial charge in [-0.15, -0.1) is 0 Å². The summed E-state index contributed by atoms with van der Waals surface area (Å²) in [6.45, 7) is 5.87. The Hall–Kier alpha value is -2.67. The van der Waals surface area contributed by atoms with Crippen molar-refractivity contribution in [3.63, 3.8) is 0 Å². The maximum Gasteiger partial charge on any atom is 0.219 e. The smallest absolute Gasteiger partial charge is 0.219 e. The largest absolute Gasteiger partial charge is 0.439 e. The van der Waals surface area contributed by atoms with Gasteiger partial charge in [0.2, 0.25) is 5.88 Å². The molecule has 1 heterocycles. The summed E-state index contributed by atoms with van der Waals surface area (Å²) < 4.78 is 23.7. The Morgan fingerprint density at radius 2 is 2.04 bits per heavy atom. The Kier molecular flexibility index (Phi) is 7.82. The molecule has 2 N–H and O–H groups in total. The molecule has 0 aliphatic carbocycles. The fraction of sp³-hybridized carbons (Fsp3) is 0.368. The highest BCUT2D eigenvalue weighted by atomic mass is 19.1. The predicted molar refractivity (Wildman–Crippen MR) is 100 cm³/mol. The Bertz CT molecular complexity index is 707. The van der Waals surface area contributed by atoms with E-state index in [1.807, 2.05) is 26.0 Å². The van der Waals surface area contributed by atoms with Crippen LogP contribution in [0.1, 0.15) is 19.4 Å². The van der Waals surface area contributed by atoms with Crippen LogP contribution in [0.3, 0.4) is 0 Å². The van der Waals surface area contributed by atoms with Crippen molar-refractivity contribution in [3.05, 3.63) is 54.0 Å². The van der Waals surface area contributed by atoms with Crippen molar-refractivity contribution in [2.45, 2.75) is 26.4 Å². The summed E-state index contributed by atoms with van der Waals surface area (Å²) >= 11 is 0. The maximum absolute atomic E-state index is 13.0. The lowest BCUT2D eigenvalue weighted by Gasteiger charge is -2.17. The normalized spacial score (nSPS) is 12.5. The number of hydrogen-bond acceptors (Lipinski definition) is 4. The molecule has 0 saturated heterocycles. The molecule has 0 spiro atoms. The van der Waals surface area contributed by atoms with Crippen LogP contribution in [0.25, 0.3) is 0 Å². The van der Waals surface area contributed by atoms with Crippen LogP contribution in [0.15, 0.2) is 47.6 Å². The van der Waals surface area contributed by atoms with Gasteiger partial charge in [-0.1, -0.05) is 0 Å². The lowest BCUT2D eigenvalue weighted by Crippen LogP contribution is -2.43. The van der Waals surface area contributed by atoms with Gasteiger partial charge < -0.3 is 20.1 Å². The fourth-order valence-electron chi connectivity index (χ4n) is 2.24. The zero-order valence-corrected chi connectivity index (χ0v) is 15.3. The summed E-state index contributed by atoms with van der Waals surface area (Å²) in [7, 11) is 1.67. The molecule has 2 aromatic rings. The van der Waals surface area contributed by atoms with Crippen LogP contribution in [-0.4, -0.2) is 37.2 Å². The summed E-state index contributed by atoms with van der Waals surface area (Å²) in [4.78, 5) is 8.75. The van der Waals surface area contributed by atoms with E-state index in [0.717, 1.165) is 18.1 Å². The zero-order valence-electron chi connectivity index (χ0n) is 15.3. The molecule has 1 atom stereocenters. The summed E-state index contributed by atoms with van der Waals surface area (Å²) in [5, 5.41) is 6.48. The van der Waals surface area contributed by atoms with E-state index in [1.54, 1.807) is 25.4 Å². The second kappa shape index (κ2) is 10.4. The highest BCUT2D eigenvalue weighted by Crippen LogP contribution is 2.20. The second-order valence-electron chi connectivity index (χ2n) is 5.75. The van der Waals surface area contributed by atoms with Gasteiger partial charge in [0.15, 0.2) is 5.96 Å². The summed E-state index contributed by atoms with van der Waals surface area (Å²) in [6, 6.07) is 9.65. The van der Waals surface area contributed by atoms with Crippen LogP contribution in [-0.2, 0) is 11.3 Å². The molecular weight excluding hydrogens is 335 g/mol. The van der Waals surface area contributed by atoms with Gasteiger partial charge in [0.25, 0.3) is 0 Å². The predicted octanol–water partition coefficient (Wildman–Crippen LogP) is 3.10. The molecule has 0 aliphatic heterocycles. The van der Waals surface area contributed by atoms with Crippen LogP contribution in [0.2, 0.25) is 0 Å². The van der Waals surface area contributed by atoms with Gasteiger partial charge in [0, 0.05) is 32.0 Å². The van der Waals surface area contributed by atoms with Gasteiger partial charge in [0.1, 0.15) is 11.6 Å². The molecule has 7 heteroatoms. The average molecular weight is 360 g/mol. The maximum atomic E-state index is 13.0. The van der Waals surface area contributed by atoms with E-state index >= 15 is 0 Å². The minimum absolute atomic E-state index is 0.146. The molecule has 26 heavy (non-hydrogen) atoms. The number of hydrogen-bond donors (Lipinski definition) is 2. The molecule has 6 nitrogen and oxygen atoms in total. The van der Waals surface area contributed by atoms with E-state index in [2.05, 4.69) is 20.6 Å². The Morgan fingerprint density at radius 3 is 2.73 bits per heavy atom. The van der Waals surface area contributed by atoms with E-state index in [-0.39, 0.29) is 11.9 Å². The Morgan fingerprint density at radius 1 is 1.27 bits per heavy atom. The minimum Gasteiger partial charge on any atom is -0.439 e. The lowest BCUT2D eigenvalue weighted by atomic mass is 10.2. The fourth-order valence-corrected chi connectivity index (χ4v) is 2.24. The Balaban J connectivity index is 2.02. The number of guanidine groups is 1. The van der Waals surface area contributed by atoms with Gasteiger partial charge in [-0.05, 0) is 49.7 Å². The summed E-state index contributed by atoms with van der Waals surface area (Å²) in [5.74, 6) is 1.38. The van der Waals surface area contributed by atoms with Crippen LogP contribution >= 0.6 is 0 Å². The number of nitrogens with one attached hydrogen (secondary N) is 2. The van der Waals surface area contributed by atoms with E-state index in [9.17, 15) is 4.39 Å².